The molecule has 0 aromatic rings. The van der Waals surface area contributed by atoms with E-state index in [1.165, 1.54) is 24.2 Å². The highest BCUT2D eigenvalue weighted by Crippen LogP contribution is 2.20. The van der Waals surface area contributed by atoms with E-state index in [0.29, 0.717) is 0 Å². The molecule has 0 atom stereocenters. The Kier molecular flexibility index (Phi) is 6.63. The Morgan fingerprint density at radius 3 is 1.85 bits per heavy atom. The highest BCUT2D eigenvalue weighted by atomic mass is 28.4. The molecule has 0 unspecified atom stereocenters. The Labute approximate surface area is 86.1 Å². The van der Waals surface area contributed by atoms with E-state index in [0.717, 1.165) is 0 Å². The minimum Gasteiger partial charge on any atom is -0.455 e. The third kappa shape index (κ3) is 3.79. The average Bonchev–Trinajstić information content (AvgIpc) is 2.21. The lowest BCUT2D eigenvalue weighted by atomic mass is 10.9. The Morgan fingerprint density at radius 2 is 1.62 bits per heavy atom. The van der Waals surface area contributed by atoms with E-state index >= 15 is 0 Å². The van der Waals surface area contributed by atoms with Crippen molar-refractivity contribution >= 4 is 17.4 Å². The van der Waals surface area contributed by atoms with Crippen LogP contribution in [0.1, 0.15) is 27.7 Å². The fourth-order valence-corrected chi connectivity index (χ4v) is 8.90. The smallest absolute Gasteiger partial charge is 0.203 e. The van der Waals surface area contributed by atoms with Gasteiger partial charge in [-0.05, 0) is 24.2 Å². The minimum absolute atomic E-state index is 0.880. The molecule has 0 aromatic carbocycles. The lowest BCUT2D eigenvalue weighted by Gasteiger charge is -2.30. The van der Waals surface area contributed by atoms with Crippen LogP contribution >= 0.6 is 0 Å². The summed E-state index contributed by atoms with van der Waals surface area (Å²) in [5.41, 5.74) is 2.14. The first-order valence-electron chi connectivity index (χ1n) is 5.49. The molecule has 0 saturated heterocycles. The first-order valence-corrected chi connectivity index (χ1v) is 9.99. The van der Waals surface area contributed by atoms with Gasteiger partial charge in [0.25, 0.3) is 0 Å². The van der Waals surface area contributed by atoms with Gasteiger partial charge < -0.3 is 4.12 Å². The molecular weight excluding hydrogens is 192 g/mol. The fraction of sp³-hybridized carbons (Fsp3) is 0.800. The third-order valence-electron chi connectivity index (χ3n) is 2.88. The molecule has 0 aliphatic carbocycles. The fourth-order valence-electron chi connectivity index (χ4n) is 1.54. The van der Waals surface area contributed by atoms with Gasteiger partial charge in [0.05, 0.1) is 0 Å². The highest BCUT2D eigenvalue weighted by molar-refractivity contribution is 6.84. The summed E-state index contributed by atoms with van der Waals surface area (Å²) >= 11 is 0. The molecule has 0 heterocycles. The van der Waals surface area contributed by atoms with E-state index in [1.807, 2.05) is 0 Å². The Bertz CT molecular complexity index is 140. The van der Waals surface area contributed by atoms with Crippen molar-refractivity contribution in [2.24, 2.45) is 0 Å². The maximum atomic E-state index is 6.34. The van der Waals surface area contributed by atoms with Crippen LogP contribution in [0, 0.1) is 0 Å². The lowest BCUT2D eigenvalue weighted by molar-refractivity contribution is 0.557. The van der Waals surface area contributed by atoms with E-state index < -0.39 is 17.4 Å². The topological polar surface area (TPSA) is 9.23 Å². The van der Waals surface area contributed by atoms with Crippen molar-refractivity contribution in [3.05, 3.63) is 12.3 Å². The van der Waals surface area contributed by atoms with Gasteiger partial charge in [-0.15, -0.1) is 6.58 Å². The molecule has 0 amide bonds. The van der Waals surface area contributed by atoms with Gasteiger partial charge in [-0.25, -0.2) is 0 Å². The molecule has 0 aromatic heterocycles. The predicted molar refractivity (Wildman–Crippen MR) is 66.1 cm³/mol. The highest BCUT2D eigenvalue weighted by Gasteiger charge is 2.29. The molecule has 0 fully saturated rings. The molecule has 0 rings (SSSR count). The largest absolute Gasteiger partial charge is 0.455 e. The van der Waals surface area contributed by atoms with Gasteiger partial charge in [0, 0.05) is 0 Å². The van der Waals surface area contributed by atoms with Gasteiger partial charge in [-0.1, -0.05) is 33.4 Å². The van der Waals surface area contributed by atoms with E-state index in [2.05, 4.69) is 40.0 Å². The normalized spacial score (nSPS) is 12.1. The number of hydrogen-bond donors (Lipinski definition) is 0. The van der Waals surface area contributed by atoms with Crippen LogP contribution in [0.25, 0.3) is 0 Å². The van der Waals surface area contributed by atoms with Crippen molar-refractivity contribution in [2.45, 2.75) is 51.9 Å². The molecular formula is C10H24OSi2. The van der Waals surface area contributed by atoms with Crippen molar-refractivity contribution < 1.29 is 4.12 Å². The summed E-state index contributed by atoms with van der Waals surface area (Å²) in [7, 11) is -2.38. The molecule has 0 spiro atoms. The van der Waals surface area contributed by atoms with Crippen LogP contribution < -0.4 is 0 Å². The van der Waals surface area contributed by atoms with Crippen LogP contribution in [-0.2, 0) is 4.12 Å². The Morgan fingerprint density at radius 1 is 1.15 bits per heavy atom. The zero-order chi connectivity index (χ0) is 10.3. The zero-order valence-electron chi connectivity index (χ0n) is 9.60. The van der Waals surface area contributed by atoms with Gasteiger partial charge in [0.1, 0.15) is 0 Å². The van der Waals surface area contributed by atoms with Crippen molar-refractivity contribution in [3.63, 3.8) is 0 Å². The lowest BCUT2D eigenvalue weighted by Crippen LogP contribution is -2.40. The molecule has 1 nitrogen and oxygen atoms in total. The van der Waals surface area contributed by atoms with E-state index in [9.17, 15) is 0 Å². The first kappa shape index (κ1) is 13.1. The Balaban J connectivity index is 4.30. The molecule has 3 heteroatoms. The van der Waals surface area contributed by atoms with Crippen LogP contribution in [0.3, 0.4) is 0 Å². The zero-order valence-corrected chi connectivity index (χ0v) is 11.8. The molecule has 78 valence electrons. The van der Waals surface area contributed by atoms with Gasteiger partial charge >= 0.3 is 0 Å². The van der Waals surface area contributed by atoms with Gasteiger partial charge in [-0.2, -0.15) is 0 Å². The molecule has 13 heavy (non-hydrogen) atoms. The molecule has 0 N–H and O–H groups in total. The summed E-state index contributed by atoms with van der Waals surface area (Å²) in [6, 6.07) is 4.91. The van der Waals surface area contributed by atoms with Crippen molar-refractivity contribution in [1.82, 2.24) is 0 Å². The summed E-state index contributed by atoms with van der Waals surface area (Å²) in [4.78, 5) is 0. The second-order valence-corrected chi connectivity index (χ2v) is 11.3. The summed E-state index contributed by atoms with van der Waals surface area (Å²) < 4.78 is 6.34. The van der Waals surface area contributed by atoms with Crippen LogP contribution in [0.5, 0.6) is 0 Å². The Hall–Kier alpha value is 0.134. The van der Waals surface area contributed by atoms with Crippen molar-refractivity contribution in [2.75, 3.05) is 0 Å². The number of rotatable bonds is 7. The van der Waals surface area contributed by atoms with Crippen molar-refractivity contribution in [1.29, 1.82) is 0 Å². The van der Waals surface area contributed by atoms with E-state index in [4.69, 9.17) is 4.12 Å². The van der Waals surface area contributed by atoms with Crippen LogP contribution in [0.15, 0.2) is 12.3 Å². The molecule has 0 bridgehead atoms. The first-order chi connectivity index (χ1) is 6.17. The summed E-state index contributed by atoms with van der Waals surface area (Å²) in [5, 5.41) is 0. The summed E-state index contributed by atoms with van der Waals surface area (Å²) in [6.45, 7) is 13.0. The predicted octanol–water partition coefficient (Wildman–Crippen LogP) is 3.48. The summed E-state index contributed by atoms with van der Waals surface area (Å²) in [5.74, 6) is 0. The van der Waals surface area contributed by atoms with Crippen LogP contribution in [-0.4, -0.2) is 17.4 Å². The van der Waals surface area contributed by atoms with Crippen LogP contribution in [0.2, 0.25) is 24.2 Å². The maximum Gasteiger partial charge on any atom is 0.203 e. The van der Waals surface area contributed by atoms with E-state index in [1.54, 1.807) is 0 Å². The quantitative estimate of drug-likeness (QED) is 0.592. The number of hydrogen-bond acceptors (Lipinski definition) is 1. The second kappa shape index (κ2) is 6.57. The van der Waals surface area contributed by atoms with Crippen molar-refractivity contribution in [3.8, 4) is 0 Å². The summed E-state index contributed by atoms with van der Waals surface area (Å²) in [6.07, 6.45) is 0. The van der Waals surface area contributed by atoms with Gasteiger partial charge in [-0.3, -0.25) is 0 Å². The van der Waals surface area contributed by atoms with Gasteiger partial charge in [0.15, 0.2) is 9.04 Å². The standard InChI is InChI=1S/C10H24OSi2/c1-6-12(7-2)11-13(8-3,9-4)10-5/h8,12H,3,6-7,9-10H2,1-2,4-5H3. The van der Waals surface area contributed by atoms with Gasteiger partial charge in [0.2, 0.25) is 8.32 Å². The minimum atomic E-state index is -1.50. The monoisotopic (exact) mass is 216 g/mol. The SMILES string of the molecule is C=C[Si](CC)(CC)O[SiH](CC)CC. The molecule has 0 radical (unpaired) electrons. The molecule has 0 aliphatic rings. The second-order valence-electron chi connectivity index (χ2n) is 3.53. The maximum absolute atomic E-state index is 6.34. The van der Waals surface area contributed by atoms with E-state index in [-0.39, 0.29) is 0 Å². The van der Waals surface area contributed by atoms with Crippen LogP contribution in [0.4, 0.5) is 0 Å². The molecule has 0 aliphatic heterocycles. The average molecular weight is 216 g/mol. The molecule has 0 saturated carbocycles. The third-order valence-corrected chi connectivity index (χ3v) is 11.1.